The molecule has 1 atom stereocenters. The van der Waals surface area contributed by atoms with Crippen LogP contribution in [0, 0.1) is 0 Å². The molecule has 4 heteroatoms. The number of nitrogens with zero attached hydrogens (tertiary/aromatic N) is 3. The largest absolute Gasteiger partial charge is 0.370 e. The maximum absolute atomic E-state index is 4.72. The molecule has 0 saturated carbocycles. The van der Waals surface area contributed by atoms with Gasteiger partial charge in [-0.2, -0.15) is 0 Å². The van der Waals surface area contributed by atoms with Crippen molar-refractivity contribution in [3.05, 3.63) is 18.2 Å². The zero-order valence-corrected chi connectivity index (χ0v) is 11.8. The van der Waals surface area contributed by atoms with E-state index < -0.39 is 0 Å². The van der Waals surface area contributed by atoms with Gasteiger partial charge in [-0.3, -0.25) is 4.90 Å². The number of anilines is 2. The fourth-order valence-corrected chi connectivity index (χ4v) is 3.24. The molecule has 1 aromatic rings. The summed E-state index contributed by atoms with van der Waals surface area (Å²) in [5.41, 5.74) is 0. The smallest absolute Gasteiger partial charge is 0.131 e. The first kappa shape index (κ1) is 12.7. The van der Waals surface area contributed by atoms with E-state index in [1.165, 1.54) is 32.4 Å². The van der Waals surface area contributed by atoms with Crippen LogP contribution in [0.25, 0.3) is 0 Å². The predicted octanol–water partition coefficient (Wildman–Crippen LogP) is 2.19. The fraction of sp³-hybridized carbons (Fsp3) is 0.667. The number of piperidine rings is 1. The van der Waals surface area contributed by atoms with Gasteiger partial charge in [0.2, 0.25) is 0 Å². The Balaban J connectivity index is 1.70. The van der Waals surface area contributed by atoms with Crippen LogP contribution >= 0.6 is 0 Å². The third kappa shape index (κ3) is 2.84. The number of nitrogens with one attached hydrogen (secondary N) is 1. The van der Waals surface area contributed by atoms with Crippen molar-refractivity contribution in [1.82, 2.24) is 9.88 Å². The molecular weight excluding hydrogens is 236 g/mol. The van der Waals surface area contributed by atoms with Gasteiger partial charge in [0.15, 0.2) is 0 Å². The van der Waals surface area contributed by atoms with Gasteiger partial charge in [0.25, 0.3) is 0 Å². The van der Waals surface area contributed by atoms with Crippen LogP contribution in [0.15, 0.2) is 18.2 Å². The molecule has 1 aromatic heterocycles. The maximum atomic E-state index is 4.72. The Morgan fingerprint density at radius 1 is 1.26 bits per heavy atom. The van der Waals surface area contributed by atoms with Gasteiger partial charge in [-0.05, 0) is 38.4 Å². The number of pyridine rings is 1. The van der Waals surface area contributed by atoms with E-state index >= 15 is 0 Å². The highest BCUT2D eigenvalue weighted by Crippen LogP contribution is 2.24. The first-order valence-electron chi connectivity index (χ1n) is 7.57. The molecule has 0 amide bonds. The lowest BCUT2D eigenvalue weighted by molar-refractivity contribution is 0.133. The van der Waals surface area contributed by atoms with Gasteiger partial charge >= 0.3 is 0 Å². The van der Waals surface area contributed by atoms with Crippen molar-refractivity contribution in [3.63, 3.8) is 0 Å². The minimum absolute atomic E-state index is 0.743. The number of rotatable bonds is 3. The predicted molar refractivity (Wildman–Crippen MR) is 79.8 cm³/mol. The zero-order valence-electron chi connectivity index (χ0n) is 11.8. The average molecular weight is 260 g/mol. The summed E-state index contributed by atoms with van der Waals surface area (Å²) in [5.74, 6) is 2.12. The molecule has 2 aliphatic heterocycles. The molecule has 2 saturated heterocycles. The minimum Gasteiger partial charge on any atom is -0.370 e. The molecule has 1 unspecified atom stereocenters. The van der Waals surface area contributed by atoms with Gasteiger partial charge in [0.05, 0.1) is 0 Å². The highest BCUT2D eigenvalue weighted by Gasteiger charge is 2.29. The Morgan fingerprint density at radius 3 is 3.11 bits per heavy atom. The Morgan fingerprint density at radius 2 is 2.21 bits per heavy atom. The monoisotopic (exact) mass is 260 g/mol. The number of fused-ring (bicyclic) bond motifs is 1. The van der Waals surface area contributed by atoms with Crippen LogP contribution in [0.4, 0.5) is 11.6 Å². The van der Waals surface area contributed by atoms with Crippen molar-refractivity contribution in [3.8, 4) is 0 Å². The summed E-state index contributed by atoms with van der Waals surface area (Å²) in [6.45, 7) is 7.77. The Hall–Kier alpha value is -1.29. The van der Waals surface area contributed by atoms with Crippen molar-refractivity contribution >= 4 is 11.6 Å². The number of aromatic nitrogens is 1. The Bertz CT molecular complexity index is 420. The molecule has 19 heavy (non-hydrogen) atoms. The summed E-state index contributed by atoms with van der Waals surface area (Å²) < 4.78 is 0. The second-order valence-electron chi connectivity index (χ2n) is 5.54. The van der Waals surface area contributed by atoms with Crippen molar-refractivity contribution in [2.45, 2.75) is 32.2 Å². The summed E-state index contributed by atoms with van der Waals surface area (Å²) in [4.78, 5) is 9.83. The summed E-state index contributed by atoms with van der Waals surface area (Å²) in [6, 6.07) is 7.03. The van der Waals surface area contributed by atoms with E-state index in [9.17, 15) is 0 Å². The van der Waals surface area contributed by atoms with Crippen molar-refractivity contribution < 1.29 is 0 Å². The molecule has 3 heterocycles. The molecule has 0 radical (unpaired) electrons. The topological polar surface area (TPSA) is 31.4 Å². The van der Waals surface area contributed by atoms with E-state index in [2.05, 4.69) is 34.2 Å². The second kappa shape index (κ2) is 5.78. The molecule has 0 aromatic carbocycles. The van der Waals surface area contributed by atoms with E-state index in [0.29, 0.717) is 0 Å². The quantitative estimate of drug-likeness (QED) is 0.902. The van der Waals surface area contributed by atoms with E-state index in [-0.39, 0.29) is 0 Å². The molecule has 2 aliphatic rings. The SMILES string of the molecule is CCNc1cccc(N2CCN3CCCCC3C2)n1. The van der Waals surface area contributed by atoms with Crippen molar-refractivity contribution in [2.75, 3.05) is 42.9 Å². The lowest BCUT2D eigenvalue weighted by atomic mass is 9.99. The maximum Gasteiger partial charge on any atom is 0.131 e. The third-order valence-electron chi connectivity index (χ3n) is 4.25. The number of hydrogen-bond acceptors (Lipinski definition) is 4. The summed E-state index contributed by atoms with van der Waals surface area (Å²) in [7, 11) is 0. The van der Waals surface area contributed by atoms with Crippen LogP contribution in [0.1, 0.15) is 26.2 Å². The van der Waals surface area contributed by atoms with Gasteiger partial charge in [-0.15, -0.1) is 0 Å². The van der Waals surface area contributed by atoms with Gasteiger partial charge < -0.3 is 10.2 Å². The molecule has 4 nitrogen and oxygen atoms in total. The molecule has 3 rings (SSSR count). The summed E-state index contributed by atoms with van der Waals surface area (Å²) in [6.07, 6.45) is 4.12. The molecule has 1 N–H and O–H groups in total. The average Bonchev–Trinajstić information content (AvgIpc) is 2.47. The standard InChI is InChI=1S/C15H24N4/c1-2-16-14-7-5-8-15(17-14)19-11-10-18-9-4-3-6-13(18)12-19/h5,7-8,13H,2-4,6,9-12H2,1H3,(H,16,17). The highest BCUT2D eigenvalue weighted by molar-refractivity contribution is 5.47. The van der Waals surface area contributed by atoms with Crippen LogP contribution < -0.4 is 10.2 Å². The molecule has 104 valence electrons. The molecule has 2 fully saturated rings. The highest BCUT2D eigenvalue weighted by atomic mass is 15.3. The first-order chi connectivity index (χ1) is 9.36. The van der Waals surface area contributed by atoms with E-state index in [1.807, 2.05) is 6.07 Å². The van der Waals surface area contributed by atoms with E-state index in [4.69, 9.17) is 4.98 Å². The van der Waals surface area contributed by atoms with Crippen molar-refractivity contribution in [1.29, 1.82) is 0 Å². The van der Waals surface area contributed by atoms with Gasteiger partial charge in [-0.25, -0.2) is 4.98 Å². The molecular formula is C15H24N4. The van der Waals surface area contributed by atoms with Crippen molar-refractivity contribution in [2.24, 2.45) is 0 Å². The Kier molecular flexibility index (Phi) is 3.87. The summed E-state index contributed by atoms with van der Waals surface area (Å²) >= 11 is 0. The fourth-order valence-electron chi connectivity index (χ4n) is 3.24. The normalized spacial score (nSPS) is 24.1. The van der Waals surface area contributed by atoms with Crippen LogP contribution in [0.2, 0.25) is 0 Å². The van der Waals surface area contributed by atoms with Crippen LogP contribution in [-0.4, -0.2) is 48.6 Å². The second-order valence-corrected chi connectivity index (χ2v) is 5.54. The van der Waals surface area contributed by atoms with Crippen LogP contribution in [0.3, 0.4) is 0 Å². The lowest BCUT2D eigenvalue weighted by Gasteiger charge is -2.44. The van der Waals surface area contributed by atoms with Crippen LogP contribution in [0.5, 0.6) is 0 Å². The van der Waals surface area contributed by atoms with E-state index in [1.54, 1.807) is 0 Å². The minimum atomic E-state index is 0.743. The third-order valence-corrected chi connectivity index (χ3v) is 4.25. The molecule has 0 spiro atoms. The van der Waals surface area contributed by atoms with Gasteiger partial charge in [0, 0.05) is 32.2 Å². The first-order valence-corrected chi connectivity index (χ1v) is 7.57. The number of piperazine rings is 1. The molecule has 0 bridgehead atoms. The lowest BCUT2D eigenvalue weighted by Crippen LogP contribution is -2.55. The Labute approximate surface area is 115 Å². The zero-order chi connectivity index (χ0) is 13.1. The van der Waals surface area contributed by atoms with Crippen LogP contribution in [-0.2, 0) is 0 Å². The number of hydrogen-bond donors (Lipinski definition) is 1. The molecule has 0 aliphatic carbocycles. The summed E-state index contributed by atoms with van der Waals surface area (Å²) in [5, 5.41) is 3.30. The van der Waals surface area contributed by atoms with E-state index in [0.717, 1.165) is 37.3 Å². The van der Waals surface area contributed by atoms with Gasteiger partial charge in [0.1, 0.15) is 11.6 Å². The van der Waals surface area contributed by atoms with Gasteiger partial charge in [-0.1, -0.05) is 12.5 Å².